The lowest BCUT2D eigenvalue weighted by atomic mass is 10.1. The highest BCUT2D eigenvalue weighted by Gasteiger charge is 2.39. The fourth-order valence-corrected chi connectivity index (χ4v) is 2.89. The number of carbonyl (C=O) groups excluding carboxylic acids is 1. The zero-order valence-corrected chi connectivity index (χ0v) is 15.9. The summed E-state index contributed by atoms with van der Waals surface area (Å²) in [5.74, 6) is -2.96. The summed E-state index contributed by atoms with van der Waals surface area (Å²) < 4.78 is 61.7. The molecule has 0 radical (unpaired) electrons. The maximum atomic E-state index is 14.3. The molecule has 0 spiro atoms. The molecule has 0 saturated carbocycles. The number of halogens is 4. The molecule has 30 heavy (non-hydrogen) atoms. The Morgan fingerprint density at radius 1 is 1.30 bits per heavy atom. The van der Waals surface area contributed by atoms with Gasteiger partial charge in [-0.1, -0.05) is 6.07 Å². The summed E-state index contributed by atoms with van der Waals surface area (Å²) in [7, 11) is 0. The lowest BCUT2D eigenvalue weighted by molar-refractivity contribution is -0.0522. The summed E-state index contributed by atoms with van der Waals surface area (Å²) >= 11 is 0. The second-order valence-electron chi connectivity index (χ2n) is 6.55. The number of ether oxygens (including phenoxy) is 2. The Kier molecular flexibility index (Phi) is 6.25. The van der Waals surface area contributed by atoms with E-state index in [1.165, 1.54) is 13.0 Å². The number of amides is 1. The predicted molar refractivity (Wildman–Crippen MR) is 96.4 cm³/mol. The van der Waals surface area contributed by atoms with E-state index in [4.69, 9.17) is 4.74 Å². The van der Waals surface area contributed by atoms with Crippen molar-refractivity contribution in [1.82, 2.24) is 9.97 Å². The van der Waals surface area contributed by atoms with Crippen LogP contribution in [0.2, 0.25) is 0 Å². The van der Waals surface area contributed by atoms with Crippen LogP contribution in [0, 0.1) is 11.6 Å². The molecule has 162 valence electrons. The minimum absolute atomic E-state index is 0.0868. The first kappa shape index (κ1) is 21.6. The molecule has 1 aliphatic heterocycles. The Morgan fingerprint density at radius 2 is 2.03 bits per heavy atom. The third-order valence-corrected chi connectivity index (χ3v) is 4.43. The molecule has 1 amide bonds. The average Bonchev–Trinajstić information content (AvgIpc) is 3.06. The number of anilines is 2. The van der Waals surface area contributed by atoms with E-state index in [2.05, 4.69) is 20.0 Å². The molecule has 1 saturated heterocycles. The summed E-state index contributed by atoms with van der Waals surface area (Å²) in [6.07, 6.45) is -1.03. The Labute approximate surface area is 168 Å². The molecule has 1 aliphatic rings. The van der Waals surface area contributed by atoms with Crippen molar-refractivity contribution in [3.63, 3.8) is 0 Å². The molecule has 1 aromatic heterocycles. The average molecular weight is 430 g/mol. The monoisotopic (exact) mass is 430 g/mol. The molecule has 1 unspecified atom stereocenters. The Bertz CT molecular complexity index is 931. The van der Waals surface area contributed by atoms with Gasteiger partial charge in [0.05, 0.1) is 18.3 Å². The normalized spacial score (nSPS) is 18.3. The first-order valence-corrected chi connectivity index (χ1v) is 8.84. The number of carbonyl (C=O) groups is 1. The van der Waals surface area contributed by atoms with Crippen LogP contribution in [-0.2, 0) is 4.74 Å². The van der Waals surface area contributed by atoms with Crippen molar-refractivity contribution in [3.8, 4) is 5.75 Å². The van der Waals surface area contributed by atoms with Gasteiger partial charge in [0.15, 0.2) is 23.2 Å². The number of nitrogens with zero attached hydrogens (tertiary/aromatic N) is 3. The van der Waals surface area contributed by atoms with E-state index in [0.717, 1.165) is 23.2 Å². The highest BCUT2D eigenvalue weighted by atomic mass is 19.3. The van der Waals surface area contributed by atoms with Crippen LogP contribution >= 0.6 is 0 Å². The minimum Gasteiger partial charge on any atom is -0.447 e. The summed E-state index contributed by atoms with van der Waals surface area (Å²) in [4.78, 5) is 20.7. The maximum absolute atomic E-state index is 14.3. The third kappa shape index (κ3) is 4.53. The van der Waals surface area contributed by atoms with Gasteiger partial charge in [0.25, 0.3) is 0 Å². The van der Waals surface area contributed by atoms with Crippen molar-refractivity contribution >= 4 is 17.9 Å². The molecule has 3 atom stereocenters. The number of hydrogen-bond acceptors (Lipinski definition) is 7. The van der Waals surface area contributed by atoms with E-state index in [1.54, 1.807) is 6.92 Å². The fraction of sp³-hybridized carbons (Fsp3) is 0.389. The van der Waals surface area contributed by atoms with Gasteiger partial charge in [-0.2, -0.15) is 13.8 Å². The zero-order valence-electron chi connectivity index (χ0n) is 15.9. The maximum Gasteiger partial charge on any atom is 0.416 e. The molecular weight excluding hydrogens is 412 g/mol. The first-order valence-electron chi connectivity index (χ1n) is 8.84. The molecule has 2 N–H and O–H groups in total. The van der Waals surface area contributed by atoms with Crippen molar-refractivity contribution in [3.05, 3.63) is 41.6 Å². The number of aliphatic hydroxyl groups excluding tert-OH is 1. The van der Waals surface area contributed by atoms with Crippen LogP contribution < -0.4 is 15.0 Å². The van der Waals surface area contributed by atoms with E-state index < -0.39 is 48.3 Å². The van der Waals surface area contributed by atoms with Crippen molar-refractivity contribution < 1.29 is 36.9 Å². The zero-order chi connectivity index (χ0) is 22.0. The Hall–Kier alpha value is -3.15. The summed E-state index contributed by atoms with van der Waals surface area (Å²) in [6.45, 7) is -0.256. The van der Waals surface area contributed by atoms with Crippen LogP contribution in [0.15, 0.2) is 24.4 Å². The summed E-state index contributed by atoms with van der Waals surface area (Å²) in [5.41, 5.74) is 0.353. The largest absolute Gasteiger partial charge is 0.447 e. The number of alkyl halides is 2. The van der Waals surface area contributed by atoms with Gasteiger partial charge >= 0.3 is 12.7 Å². The van der Waals surface area contributed by atoms with Crippen LogP contribution in [0.5, 0.6) is 5.75 Å². The summed E-state index contributed by atoms with van der Waals surface area (Å²) in [5, 5.41) is 12.6. The van der Waals surface area contributed by atoms with Crippen LogP contribution in [0.25, 0.3) is 0 Å². The van der Waals surface area contributed by atoms with Gasteiger partial charge in [0.2, 0.25) is 5.95 Å². The standard InChI is InChI=1S/C18H18F4N4O4/c1-8(10-3-4-14(11(19)5-10)30-16(21)22)24-17-23-6-12(20)15(25-17)26-13(9(2)27)7-29-18(26)28/h3-6,8-9,13,16,27H,7H2,1-2H3,(H,23,24,25)/t8-,9+,13?/m0/s1. The second-order valence-corrected chi connectivity index (χ2v) is 6.55. The SMILES string of the molecule is C[C@H](Nc1ncc(F)c(N2C(=O)OCC2[C@@H](C)O)n1)c1ccc(OC(F)F)c(F)c1. The topological polar surface area (TPSA) is 96.8 Å². The molecule has 2 heterocycles. The number of aromatic nitrogens is 2. The van der Waals surface area contributed by atoms with E-state index in [0.29, 0.717) is 5.56 Å². The molecule has 1 aromatic carbocycles. The number of benzene rings is 1. The predicted octanol–water partition coefficient (Wildman–Crippen LogP) is 3.24. The van der Waals surface area contributed by atoms with Crippen molar-refractivity contribution in [1.29, 1.82) is 0 Å². The van der Waals surface area contributed by atoms with Crippen molar-refractivity contribution in [2.45, 2.75) is 38.6 Å². The van der Waals surface area contributed by atoms with E-state index in [-0.39, 0.29) is 18.4 Å². The van der Waals surface area contributed by atoms with E-state index in [9.17, 15) is 27.5 Å². The lowest BCUT2D eigenvalue weighted by Gasteiger charge is -2.23. The van der Waals surface area contributed by atoms with Crippen LogP contribution in [0.4, 0.5) is 34.1 Å². The molecule has 3 rings (SSSR count). The van der Waals surface area contributed by atoms with E-state index in [1.807, 2.05) is 0 Å². The van der Waals surface area contributed by atoms with Crippen LogP contribution in [0.1, 0.15) is 25.5 Å². The highest BCUT2D eigenvalue weighted by Crippen LogP contribution is 2.28. The number of rotatable bonds is 7. The Balaban J connectivity index is 1.81. The smallest absolute Gasteiger partial charge is 0.416 e. The van der Waals surface area contributed by atoms with Crippen LogP contribution in [0.3, 0.4) is 0 Å². The molecule has 8 nitrogen and oxygen atoms in total. The summed E-state index contributed by atoms with van der Waals surface area (Å²) in [6, 6.07) is 1.98. The quantitative estimate of drug-likeness (QED) is 0.651. The second kappa shape index (κ2) is 8.69. The van der Waals surface area contributed by atoms with Gasteiger partial charge in [0.1, 0.15) is 12.6 Å². The minimum atomic E-state index is -3.16. The molecule has 0 bridgehead atoms. The van der Waals surface area contributed by atoms with Gasteiger partial charge in [-0.25, -0.2) is 23.5 Å². The van der Waals surface area contributed by atoms with Crippen molar-refractivity contribution in [2.24, 2.45) is 0 Å². The highest BCUT2D eigenvalue weighted by molar-refractivity contribution is 5.89. The van der Waals surface area contributed by atoms with E-state index >= 15 is 0 Å². The van der Waals surface area contributed by atoms with Gasteiger partial charge < -0.3 is 19.9 Å². The van der Waals surface area contributed by atoms with Crippen LogP contribution in [-0.4, -0.2) is 46.5 Å². The number of aliphatic hydroxyl groups is 1. The first-order chi connectivity index (χ1) is 14.2. The Morgan fingerprint density at radius 3 is 2.67 bits per heavy atom. The van der Waals surface area contributed by atoms with Gasteiger partial charge in [-0.05, 0) is 31.5 Å². The lowest BCUT2D eigenvalue weighted by Crippen LogP contribution is -2.42. The number of nitrogens with one attached hydrogen (secondary N) is 1. The third-order valence-electron chi connectivity index (χ3n) is 4.43. The molecule has 0 aliphatic carbocycles. The molecule has 2 aromatic rings. The fourth-order valence-electron chi connectivity index (χ4n) is 2.89. The van der Waals surface area contributed by atoms with Crippen molar-refractivity contribution in [2.75, 3.05) is 16.8 Å². The number of hydrogen-bond donors (Lipinski definition) is 2. The molecular formula is C18H18F4N4O4. The number of cyclic esters (lactones) is 1. The van der Waals surface area contributed by atoms with Gasteiger partial charge in [-0.15, -0.1) is 0 Å². The van der Waals surface area contributed by atoms with Gasteiger partial charge in [0, 0.05) is 0 Å². The van der Waals surface area contributed by atoms with Gasteiger partial charge in [-0.3, -0.25) is 0 Å². The molecule has 1 fully saturated rings. The molecule has 12 heteroatoms.